The zero-order valence-corrected chi connectivity index (χ0v) is 22.8. The first-order valence-corrected chi connectivity index (χ1v) is 13.7. The molecule has 3 N–H and O–H groups in total. The number of aromatic nitrogens is 3. The lowest BCUT2D eigenvalue weighted by atomic mass is 9.78. The van der Waals surface area contributed by atoms with E-state index < -0.39 is 54.5 Å². The Morgan fingerprint density at radius 3 is 2.50 bits per heavy atom. The van der Waals surface area contributed by atoms with Gasteiger partial charge in [0.05, 0.1) is 24.6 Å². The van der Waals surface area contributed by atoms with E-state index >= 15 is 0 Å². The summed E-state index contributed by atoms with van der Waals surface area (Å²) in [5.74, 6) is -4.29. The van der Waals surface area contributed by atoms with Crippen LogP contribution in [0.2, 0.25) is 0 Å². The van der Waals surface area contributed by atoms with Crippen LogP contribution in [0.25, 0.3) is 11.3 Å². The lowest BCUT2D eigenvalue weighted by molar-refractivity contribution is -0.210. The van der Waals surface area contributed by atoms with E-state index in [9.17, 15) is 23.4 Å². The third-order valence-corrected chi connectivity index (χ3v) is 8.13. The van der Waals surface area contributed by atoms with Crippen LogP contribution in [-0.2, 0) is 14.3 Å². The maximum atomic E-state index is 13.8. The van der Waals surface area contributed by atoms with Gasteiger partial charge in [0.15, 0.2) is 17.5 Å². The zero-order chi connectivity index (χ0) is 28.6. The number of hydrogen-bond acceptors (Lipinski definition) is 9. The highest BCUT2D eigenvalue weighted by atomic mass is 19.2. The van der Waals surface area contributed by atoms with E-state index in [1.165, 1.54) is 18.0 Å². The van der Waals surface area contributed by atoms with Crippen LogP contribution >= 0.6 is 0 Å². The normalized spacial score (nSPS) is 32.5. The fourth-order valence-electron chi connectivity index (χ4n) is 6.18. The highest BCUT2D eigenvalue weighted by Gasteiger charge is 2.49. The molecule has 2 aromatic rings. The number of nitrogens with one attached hydrogen (secondary N) is 1. The van der Waals surface area contributed by atoms with Crippen molar-refractivity contribution in [3.63, 3.8) is 0 Å². The Hall–Kier alpha value is -2.58. The maximum Gasteiger partial charge on any atom is 0.194 e. The quantitative estimate of drug-likeness (QED) is 0.417. The van der Waals surface area contributed by atoms with E-state index in [2.05, 4.69) is 34.6 Å². The molecule has 2 aliphatic heterocycles. The molecule has 0 amide bonds. The maximum absolute atomic E-state index is 13.8. The number of benzene rings is 1. The number of aliphatic hydroxyl groups excluding tert-OH is 2. The highest BCUT2D eigenvalue weighted by molar-refractivity contribution is 5.86. The summed E-state index contributed by atoms with van der Waals surface area (Å²) in [7, 11) is 1.47. The van der Waals surface area contributed by atoms with Gasteiger partial charge in [-0.1, -0.05) is 24.2 Å². The number of halogens is 3. The molecule has 10 nitrogen and oxygen atoms in total. The number of ether oxygens (including phenoxy) is 2. The summed E-state index contributed by atoms with van der Waals surface area (Å²) >= 11 is 0. The largest absolute Gasteiger partial charge is 0.394 e. The van der Waals surface area contributed by atoms with E-state index in [1.807, 2.05) is 0 Å². The average molecular weight is 568 g/mol. The molecule has 3 heterocycles. The molecule has 1 aliphatic carbocycles. The highest BCUT2D eigenvalue weighted by Crippen LogP contribution is 2.41. The number of methoxy groups -OCH3 is 1. The van der Waals surface area contributed by atoms with Gasteiger partial charge in [-0.25, -0.2) is 17.9 Å². The first-order chi connectivity index (χ1) is 19.1. The molecule has 1 aromatic heterocycles. The number of hydrogen-bond donors (Lipinski definition) is 3. The summed E-state index contributed by atoms with van der Waals surface area (Å²) < 4.78 is 54.2. The van der Waals surface area contributed by atoms with Gasteiger partial charge in [0.2, 0.25) is 0 Å². The Kier molecular flexibility index (Phi) is 8.48. The molecule has 1 saturated carbocycles. The molecule has 5 atom stereocenters. The zero-order valence-electron chi connectivity index (χ0n) is 22.8. The smallest absolute Gasteiger partial charge is 0.194 e. The van der Waals surface area contributed by atoms with Crippen molar-refractivity contribution in [2.75, 3.05) is 13.7 Å². The van der Waals surface area contributed by atoms with Crippen molar-refractivity contribution in [1.29, 1.82) is 0 Å². The molecule has 220 valence electrons. The second-order valence-corrected chi connectivity index (χ2v) is 11.3. The SMILES string of the molecule is COC1C(CC2=NOC3(CCC(NC(C)C)CC3)C2)OC(CO)C(O)C1n1cc(-c2cc(F)c(F)c(F)c2)nn1. The van der Waals surface area contributed by atoms with Gasteiger partial charge in [0.25, 0.3) is 0 Å². The molecular weight excluding hydrogens is 531 g/mol. The molecule has 5 rings (SSSR count). The predicted molar refractivity (Wildman–Crippen MR) is 138 cm³/mol. The summed E-state index contributed by atoms with van der Waals surface area (Å²) in [6, 6.07) is 1.67. The monoisotopic (exact) mass is 567 g/mol. The van der Waals surface area contributed by atoms with E-state index in [-0.39, 0.29) is 16.9 Å². The molecule has 2 fully saturated rings. The Morgan fingerprint density at radius 1 is 1.18 bits per heavy atom. The second-order valence-electron chi connectivity index (χ2n) is 11.3. The Balaban J connectivity index is 1.32. The van der Waals surface area contributed by atoms with Crippen LogP contribution in [0.3, 0.4) is 0 Å². The average Bonchev–Trinajstić information content (AvgIpc) is 3.56. The van der Waals surface area contributed by atoms with Crippen LogP contribution in [0.4, 0.5) is 13.2 Å². The Bertz CT molecular complexity index is 1200. The number of rotatable bonds is 8. The van der Waals surface area contributed by atoms with Crippen molar-refractivity contribution in [1.82, 2.24) is 20.3 Å². The minimum Gasteiger partial charge on any atom is -0.394 e. The number of oxime groups is 1. The minimum absolute atomic E-state index is 0.0190. The molecule has 1 spiro atoms. The van der Waals surface area contributed by atoms with Crippen LogP contribution < -0.4 is 5.32 Å². The van der Waals surface area contributed by atoms with Gasteiger partial charge in [0, 0.05) is 37.6 Å². The van der Waals surface area contributed by atoms with E-state index in [4.69, 9.17) is 14.3 Å². The van der Waals surface area contributed by atoms with Crippen LogP contribution in [0.5, 0.6) is 0 Å². The summed E-state index contributed by atoms with van der Waals surface area (Å²) in [5.41, 5.74) is 0.527. The second kappa shape index (κ2) is 11.7. The van der Waals surface area contributed by atoms with Crippen LogP contribution in [0.15, 0.2) is 23.5 Å². The van der Waals surface area contributed by atoms with Crippen LogP contribution in [0, 0.1) is 17.5 Å². The Morgan fingerprint density at radius 2 is 1.88 bits per heavy atom. The van der Waals surface area contributed by atoms with Crippen molar-refractivity contribution in [2.24, 2.45) is 5.16 Å². The third-order valence-electron chi connectivity index (χ3n) is 8.13. The van der Waals surface area contributed by atoms with Crippen LogP contribution in [0.1, 0.15) is 58.4 Å². The van der Waals surface area contributed by atoms with Crippen LogP contribution in [-0.4, -0.2) is 86.7 Å². The molecular formula is C27H36F3N5O5. The standard InChI is InChI=1S/C27H36F3N5O5/c1-14(2)31-16-4-6-27(7-5-16)11-17(33-40-27)10-21-26(38-3)24(25(37)22(13-36)39-21)35-12-20(32-34-35)15-8-18(28)23(30)19(29)9-15/h8-9,12,14,16,21-22,24-26,31,36-37H,4-7,10-11,13H2,1-3H3. The minimum atomic E-state index is -1.58. The molecule has 1 saturated heterocycles. The summed E-state index contributed by atoms with van der Waals surface area (Å²) in [4.78, 5) is 5.97. The van der Waals surface area contributed by atoms with Gasteiger partial charge in [-0.2, -0.15) is 0 Å². The lowest BCUT2D eigenvalue weighted by Gasteiger charge is -2.43. The summed E-state index contributed by atoms with van der Waals surface area (Å²) in [6.07, 6.45) is 2.62. The first kappa shape index (κ1) is 28.9. The fraction of sp³-hybridized carbons (Fsp3) is 0.667. The molecule has 0 bridgehead atoms. The van der Waals surface area contributed by atoms with Crippen molar-refractivity contribution in [2.45, 2.75) is 101 Å². The number of aliphatic hydroxyl groups is 2. The van der Waals surface area contributed by atoms with Gasteiger partial charge < -0.3 is 29.8 Å². The predicted octanol–water partition coefficient (Wildman–Crippen LogP) is 2.88. The van der Waals surface area contributed by atoms with Crippen molar-refractivity contribution >= 4 is 5.71 Å². The van der Waals surface area contributed by atoms with E-state index in [0.717, 1.165) is 43.5 Å². The Labute approximate surface area is 230 Å². The van der Waals surface area contributed by atoms with Crippen molar-refractivity contribution in [3.05, 3.63) is 35.8 Å². The molecule has 40 heavy (non-hydrogen) atoms. The van der Waals surface area contributed by atoms with E-state index in [1.54, 1.807) is 0 Å². The lowest BCUT2D eigenvalue weighted by Crippen LogP contribution is -2.57. The molecule has 3 aliphatic rings. The molecule has 5 unspecified atom stereocenters. The van der Waals surface area contributed by atoms with Gasteiger partial charge in [-0.15, -0.1) is 5.10 Å². The first-order valence-electron chi connectivity index (χ1n) is 13.7. The molecule has 1 aromatic carbocycles. The topological polar surface area (TPSA) is 123 Å². The fourth-order valence-corrected chi connectivity index (χ4v) is 6.18. The third kappa shape index (κ3) is 5.75. The van der Waals surface area contributed by atoms with Gasteiger partial charge >= 0.3 is 0 Å². The number of nitrogens with zero attached hydrogens (tertiary/aromatic N) is 4. The summed E-state index contributed by atoms with van der Waals surface area (Å²) in [6.45, 7) is 3.82. The van der Waals surface area contributed by atoms with Crippen molar-refractivity contribution < 1.29 is 37.7 Å². The molecule has 0 radical (unpaired) electrons. The van der Waals surface area contributed by atoms with Gasteiger partial charge in [-0.05, 0) is 37.8 Å². The van der Waals surface area contributed by atoms with Crippen molar-refractivity contribution in [3.8, 4) is 11.3 Å². The molecule has 13 heteroatoms. The summed E-state index contributed by atoms with van der Waals surface area (Å²) in [5, 5.41) is 37.1. The van der Waals surface area contributed by atoms with E-state index in [0.29, 0.717) is 24.9 Å². The van der Waals surface area contributed by atoms with Gasteiger partial charge in [-0.3, -0.25) is 0 Å². The van der Waals surface area contributed by atoms with Gasteiger partial charge in [0.1, 0.15) is 35.6 Å².